The van der Waals surface area contributed by atoms with Gasteiger partial charge in [0.05, 0.1) is 5.60 Å². The van der Waals surface area contributed by atoms with E-state index >= 15 is 0 Å². The number of carbonyl (C=O) groups is 1. The van der Waals surface area contributed by atoms with Crippen molar-refractivity contribution in [2.75, 3.05) is 0 Å². The zero-order chi connectivity index (χ0) is 11.4. The van der Waals surface area contributed by atoms with Crippen molar-refractivity contribution in [3.8, 4) is 0 Å². The number of hydrogen-bond acceptors (Lipinski definition) is 5. The van der Waals surface area contributed by atoms with E-state index in [9.17, 15) is 4.79 Å². The highest BCUT2D eigenvalue weighted by atomic mass is 17.2. The molecule has 84 valence electrons. The van der Waals surface area contributed by atoms with E-state index in [0.29, 0.717) is 0 Å². The fourth-order valence-electron chi connectivity index (χ4n) is 0.978. The summed E-state index contributed by atoms with van der Waals surface area (Å²) >= 11 is 0. The van der Waals surface area contributed by atoms with Gasteiger partial charge in [0.2, 0.25) is 5.79 Å². The molecule has 0 saturated heterocycles. The van der Waals surface area contributed by atoms with E-state index in [1.807, 2.05) is 20.8 Å². The third-order valence-corrected chi connectivity index (χ3v) is 1.78. The van der Waals surface area contributed by atoms with Gasteiger partial charge in [-0.25, -0.2) is 4.79 Å². The van der Waals surface area contributed by atoms with Gasteiger partial charge < -0.3 is 9.47 Å². The lowest BCUT2D eigenvalue weighted by atomic mass is 10.1. The third-order valence-electron chi connectivity index (χ3n) is 1.78. The van der Waals surface area contributed by atoms with Crippen LogP contribution in [0.15, 0.2) is 0 Å². The zero-order valence-electron chi connectivity index (χ0n) is 9.29. The largest absolute Gasteiger partial charge is 0.542 e. The van der Waals surface area contributed by atoms with E-state index in [0.717, 1.165) is 6.42 Å². The molecule has 0 amide bonds. The van der Waals surface area contributed by atoms with Crippen molar-refractivity contribution >= 4 is 6.16 Å². The second-order valence-electron chi connectivity index (χ2n) is 4.06. The van der Waals surface area contributed by atoms with Crippen molar-refractivity contribution in [3.05, 3.63) is 0 Å². The summed E-state index contributed by atoms with van der Waals surface area (Å²) in [4.78, 5) is 14.0. The molecule has 1 N–H and O–H groups in total. The number of rotatable bonds is 4. The first kappa shape index (κ1) is 13.2. The Morgan fingerprint density at radius 3 is 2.14 bits per heavy atom. The van der Waals surface area contributed by atoms with Crippen LogP contribution >= 0.6 is 0 Å². The monoisotopic (exact) mass is 206 g/mol. The molecule has 14 heavy (non-hydrogen) atoms. The Labute approximate surface area is 83.9 Å². The average molecular weight is 206 g/mol. The minimum atomic E-state index is -1.18. The molecular formula is C9H18O5. The maximum atomic E-state index is 10.6. The maximum Gasteiger partial charge on any atom is 0.542 e. The van der Waals surface area contributed by atoms with Gasteiger partial charge in [-0.15, -0.1) is 0 Å². The summed E-state index contributed by atoms with van der Waals surface area (Å²) in [5.74, 6) is -1.13. The summed E-state index contributed by atoms with van der Waals surface area (Å²) in [6.45, 7) is 8.86. The van der Waals surface area contributed by atoms with E-state index in [1.54, 1.807) is 13.8 Å². The van der Waals surface area contributed by atoms with Crippen LogP contribution in [0.25, 0.3) is 0 Å². The molecule has 0 bridgehead atoms. The van der Waals surface area contributed by atoms with Gasteiger partial charge in [-0.2, -0.15) is 5.26 Å². The Balaban J connectivity index is 4.26. The van der Waals surface area contributed by atoms with Gasteiger partial charge in [-0.05, 0) is 20.3 Å². The molecule has 0 radical (unpaired) electrons. The van der Waals surface area contributed by atoms with Crippen molar-refractivity contribution in [1.82, 2.24) is 0 Å². The molecule has 0 aliphatic carbocycles. The Hall–Kier alpha value is -0.810. The molecule has 0 aromatic rings. The fourth-order valence-corrected chi connectivity index (χ4v) is 0.978. The van der Waals surface area contributed by atoms with Crippen molar-refractivity contribution in [3.63, 3.8) is 0 Å². The summed E-state index contributed by atoms with van der Waals surface area (Å²) < 4.78 is 10.2. The van der Waals surface area contributed by atoms with Crippen LogP contribution in [-0.4, -0.2) is 22.8 Å². The third kappa shape index (κ3) is 5.04. The van der Waals surface area contributed by atoms with Crippen LogP contribution in [0.5, 0.6) is 0 Å². The van der Waals surface area contributed by atoms with Crippen molar-refractivity contribution in [2.45, 2.75) is 52.4 Å². The van der Waals surface area contributed by atoms with E-state index in [2.05, 4.69) is 4.89 Å². The Kier molecular flexibility index (Phi) is 4.35. The Bertz CT molecular complexity index is 197. The highest BCUT2D eigenvalue weighted by Crippen LogP contribution is 2.24. The predicted octanol–water partition coefficient (Wildman–Crippen LogP) is 2.55. The first-order valence-corrected chi connectivity index (χ1v) is 4.47. The molecule has 0 unspecified atom stereocenters. The van der Waals surface area contributed by atoms with E-state index in [4.69, 9.17) is 14.7 Å². The Morgan fingerprint density at radius 2 is 1.79 bits per heavy atom. The molecular weight excluding hydrogens is 188 g/mol. The van der Waals surface area contributed by atoms with Gasteiger partial charge in [0.15, 0.2) is 0 Å². The van der Waals surface area contributed by atoms with Gasteiger partial charge >= 0.3 is 6.16 Å². The van der Waals surface area contributed by atoms with Crippen LogP contribution in [0.4, 0.5) is 4.79 Å². The van der Waals surface area contributed by atoms with Gasteiger partial charge in [-0.3, -0.25) is 4.89 Å². The maximum absolute atomic E-state index is 10.6. The number of hydrogen-bond donors (Lipinski definition) is 1. The van der Waals surface area contributed by atoms with Gasteiger partial charge in [0.1, 0.15) is 0 Å². The Morgan fingerprint density at radius 1 is 1.29 bits per heavy atom. The molecule has 0 aromatic heterocycles. The molecule has 0 atom stereocenters. The van der Waals surface area contributed by atoms with E-state index < -0.39 is 17.5 Å². The van der Waals surface area contributed by atoms with Crippen LogP contribution in [0.2, 0.25) is 0 Å². The summed E-state index contributed by atoms with van der Waals surface area (Å²) in [5, 5.41) is 8.02. The quantitative estimate of drug-likeness (QED) is 0.331. The summed E-state index contributed by atoms with van der Waals surface area (Å²) in [6.07, 6.45) is -0.407. The fraction of sp³-hybridized carbons (Fsp3) is 0.889. The molecule has 5 nitrogen and oxygen atoms in total. The van der Waals surface area contributed by atoms with Gasteiger partial charge in [-0.1, -0.05) is 6.92 Å². The molecule has 0 fully saturated rings. The standard InChI is InChI=1S/C9H18O5/c1-6-8(2,3)14-9(4,5)12-7(10)13-11/h11H,6H2,1-5H3. The summed E-state index contributed by atoms with van der Waals surface area (Å²) in [7, 11) is 0. The van der Waals surface area contributed by atoms with Crippen LogP contribution in [0, 0.1) is 0 Å². The second kappa shape index (κ2) is 4.61. The first-order valence-electron chi connectivity index (χ1n) is 4.47. The van der Waals surface area contributed by atoms with Crippen LogP contribution in [0.3, 0.4) is 0 Å². The average Bonchev–Trinajstić information content (AvgIpc) is 2.01. The first-order chi connectivity index (χ1) is 6.22. The highest BCUT2D eigenvalue weighted by Gasteiger charge is 2.31. The van der Waals surface area contributed by atoms with Crippen molar-refractivity contribution < 1.29 is 24.4 Å². The van der Waals surface area contributed by atoms with Crippen LogP contribution in [0.1, 0.15) is 41.0 Å². The molecule has 0 aliphatic rings. The molecule has 0 saturated carbocycles. The second-order valence-corrected chi connectivity index (χ2v) is 4.06. The molecule has 0 spiro atoms. The lowest BCUT2D eigenvalue weighted by Gasteiger charge is -2.33. The van der Waals surface area contributed by atoms with E-state index in [1.165, 1.54) is 0 Å². The minimum absolute atomic E-state index is 0.404. The topological polar surface area (TPSA) is 65.0 Å². The van der Waals surface area contributed by atoms with Crippen molar-refractivity contribution in [1.29, 1.82) is 0 Å². The lowest BCUT2D eigenvalue weighted by molar-refractivity contribution is -0.274. The predicted molar refractivity (Wildman–Crippen MR) is 49.7 cm³/mol. The summed E-state index contributed by atoms with van der Waals surface area (Å²) in [5.41, 5.74) is -0.404. The number of carbonyl (C=O) groups excluding carboxylic acids is 1. The van der Waals surface area contributed by atoms with Gasteiger partial charge in [0, 0.05) is 13.8 Å². The van der Waals surface area contributed by atoms with Crippen LogP contribution in [-0.2, 0) is 14.4 Å². The summed E-state index contributed by atoms with van der Waals surface area (Å²) in [6, 6.07) is 0. The van der Waals surface area contributed by atoms with Gasteiger partial charge in [0.25, 0.3) is 0 Å². The number of ether oxygens (including phenoxy) is 2. The molecule has 0 aliphatic heterocycles. The molecule has 0 heterocycles. The zero-order valence-corrected chi connectivity index (χ0v) is 9.29. The molecule has 0 rings (SSSR count). The molecule has 0 aromatic carbocycles. The van der Waals surface area contributed by atoms with E-state index in [-0.39, 0.29) is 0 Å². The molecule has 5 heteroatoms. The normalized spacial score (nSPS) is 12.4. The highest BCUT2D eigenvalue weighted by molar-refractivity contribution is 5.59. The van der Waals surface area contributed by atoms with Crippen LogP contribution < -0.4 is 0 Å². The smallest absolute Gasteiger partial charge is 0.400 e. The SMILES string of the molecule is CCC(C)(C)OC(C)(C)OC(=O)OO. The minimum Gasteiger partial charge on any atom is -0.400 e. The lowest BCUT2D eigenvalue weighted by Crippen LogP contribution is -2.40. The van der Waals surface area contributed by atoms with Crippen molar-refractivity contribution in [2.24, 2.45) is 0 Å².